The van der Waals surface area contributed by atoms with E-state index in [1.807, 2.05) is 48.7 Å². The number of esters is 1. The highest BCUT2D eigenvalue weighted by molar-refractivity contribution is 6.00. The van der Waals surface area contributed by atoms with Gasteiger partial charge < -0.3 is 9.30 Å². The molecule has 3 aromatic carbocycles. The molecule has 0 amide bonds. The molecule has 0 aliphatic rings. The van der Waals surface area contributed by atoms with Crippen LogP contribution in [0.1, 0.15) is 28.5 Å². The van der Waals surface area contributed by atoms with Gasteiger partial charge in [0.15, 0.2) is 5.69 Å². The van der Waals surface area contributed by atoms with E-state index in [4.69, 9.17) is 11.3 Å². The summed E-state index contributed by atoms with van der Waals surface area (Å²) in [6.45, 7) is 11.9. The van der Waals surface area contributed by atoms with Crippen molar-refractivity contribution in [3.63, 3.8) is 0 Å². The number of ether oxygens (including phenoxy) is 1. The Hall–Kier alpha value is -3.58. The van der Waals surface area contributed by atoms with Gasteiger partial charge in [-0.2, -0.15) is 0 Å². The summed E-state index contributed by atoms with van der Waals surface area (Å²) < 4.78 is 7.33. The number of carbonyl (C=O) groups excluding carboxylic acids is 1. The van der Waals surface area contributed by atoms with Crippen molar-refractivity contribution in [2.75, 3.05) is 6.61 Å². The van der Waals surface area contributed by atoms with E-state index in [1.54, 1.807) is 6.07 Å². The molecule has 4 heteroatoms. The molecule has 0 N–H and O–H groups in total. The molecule has 0 bridgehead atoms. The van der Waals surface area contributed by atoms with E-state index in [-0.39, 0.29) is 5.97 Å². The molecular weight excluding hydrogens is 348 g/mol. The van der Waals surface area contributed by atoms with Crippen LogP contribution in [0, 0.1) is 13.5 Å². The van der Waals surface area contributed by atoms with Crippen LogP contribution in [-0.4, -0.2) is 17.1 Å². The molecule has 0 unspecified atom stereocenters. The van der Waals surface area contributed by atoms with E-state index >= 15 is 0 Å². The first kappa shape index (κ1) is 17.8. The summed E-state index contributed by atoms with van der Waals surface area (Å²) in [4.78, 5) is 16.3. The molecule has 0 atom stereocenters. The lowest BCUT2D eigenvalue weighted by molar-refractivity contribution is 0.0514. The van der Waals surface area contributed by atoms with Crippen LogP contribution < -0.4 is 0 Å². The lowest BCUT2D eigenvalue weighted by atomic mass is 10.0. The topological polar surface area (TPSA) is 35.6 Å². The summed E-state index contributed by atoms with van der Waals surface area (Å²) in [5.41, 5.74) is 3.98. The Balaban J connectivity index is 1.97. The number of carbonyl (C=O) groups is 1. The van der Waals surface area contributed by atoms with Gasteiger partial charge in [-0.25, -0.2) is 9.64 Å². The molecule has 0 radical (unpaired) electrons. The molecule has 0 aliphatic carbocycles. The molecule has 1 heterocycles. The molecule has 4 rings (SSSR count). The first-order valence-electron chi connectivity index (χ1n) is 9.28. The van der Waals surface area contributed by atoms with Crippen molar-refractivity contribution in [1.29, 1.82) is 0 Å². The fourth-order valence-electron chi connectivity index (χ4n) is 3.81. The van der Waals surface area contributed by atoms with E-state index in [0.717, 1.165) is 32.8 Å². The number of aromatic nitrogens is 1. The number of benzene rings is 3. The summed E-state index contributed by atoms with van der Waals surface area (Å²) in [5, 5.41) is 3.28. The maximum absolute atomic E-state index is 12.8. The number of aryl methyl sites for hydroxylation is 1. The van der Waals surface area contributed by atoms with E-state index in [1.165, 1.54) is 0 Å². The second-order valence-corrected chi connectivity index (χ2v) is 6.73. The zero-order chi connectivity index (χ0) is 19.7. The van der Waals surface area contributed by atoms with Crippen LogP contribution in [0.25, 0.3) is 26.5 Å². The highest BCUT2D eigenvalue weighted by Crippen LogP contribution is 2.31. The van der Waals surface area contributed by atoms with Crippen LogP contribution in [-0.2, 0) is 11.3 Å². The van der Waals surface area contributed by atoms with Crippen molar-refractivity contribution >= 4 is 33.3 Å². The smallest absolute Gasteiger partial charge is 0.355 e. The fourth-order valence-corrected chi connectivity index (χ4v) is 3.81. The van der Waals surface area contributed by atoms with Crippen molar-refractivity contribution < 1.29 is 9.53 Å². The van der Waals surface area contributed by atoms with Crippen LogP contribution >= 0.6 is 0 Å². The molecule has 0 saturated heterocycles. The molecule has 4 nitrogen and oxygen atoms in total. The summed E-state index contributed by atoms with van der Waals surface area (Å²) in [6.07, 6.45) is 0. The van der Waals surface area contributed by atoms with Crippen molar-refractivity contribution in [3.8, 4) is 0 Å². The van der Waals surface area contributed by atoms with Crippen LogP contribution in [0.3, 0.4) is 0 Å². The van der Waals surface area contributed by atoms with Gasteiger partial charge in [-0.1, -0.05) is 54.6 Å². The minimum Gasteiger partial charge on any atom is -0.461 e. The average molecular weight is 368 g/mol. The summed E-state index contributed by atoms with van der Waals surface area (Å²) in [5.74, 6) is -0.333. The number of nitrogens with zero attached hydrogens (tertiary/aromatic N) is 2. The van der Waals surface area contributed by atoms with Crippen LogP contribution in [0.4, 0.5) is 5.69 Å². The lowest BCUT2D eigenvalue weighted by Crippen LogP contribution is -2.14. The van der Waals surface area contributed by atoms with Crippen molar-refractivity contribution in [2.24, 2.45) is 0 Å². The van der Waals surface area contributed by atoms with Gasteiger partial charge in [0.1, 0.15) is 5.69 Å². The summed E-state index contributed by atoms with van der Waals surface area (Å²) >= 11 is 0. The Labute approximate surface area is 163 Å². The summed E-state index contributed by atoms with van der Waals surface area (Å²) in [7, 11) is 0. The molecule has 0 saturated carbocycles. The van der Waals surface area contributed by atoms with Gasteiger partial charge in [-0.05, 0) is 41.8 Å². The maximum atomic E-state index is 12.8. The Morgan fingerprint density at radius 2 is 1.86 bits per heavy atom. The molecular formula is C24H20N2O2. The average Bonchev–Trinajstić information content (AvgIpc) is 2.99. The van der Waals surface area contributed by atoms with Gasteiger partial charge in [0, 0.05) is 17.4 Å². The lowest BCUT2D eigenvalue weighted by Gasteiger charge is -2.13. The third-order valence-electron chi connectivity index (χ3n) is 5.11. The van der Waals surface area contributed by atoms with Crippen LogP contribution in [0.15, 0.2) is 60.7 Å². The molecule has 4 aromatic rings. The fraction of sp³-hybridized carbons (Fsp3) is 0.167. The third kappa shape index (κ3) is 2.91. The van der Waals surface area contributed by atoms with E-state index in [2.05, 4.69) is 29.1 Å². The molecule has 0 aliphatic heterocycles. The first-order valence-corrected chi connectivity index (χ1v) is 9.28. The number of fused-ring (bicyclic) bond motifs is 2. The van der Waals surface area contributed by atoms with E-state index in [0.29, 0.717) is 24.5 Å². The highest BCUT2D eigenvalue weighted by Gasteiger charge is 2.22. The number of rotatable bonds is 4. The largest absolute Gasteiger partial charge is 0.461 e. The standard InChI is InChI=1S/C24H20N2O2/c1-4-28-24(27)23-16(2)20-13-12-19(25-3)14-22(20)26(23)15-18-10-7-9-17-8-5-6-11-21(17)18/h5-14H,4,15H2,1-2H3. The SMILES string of the molecule is [C-]#[N+]c1ccc2c(C)c(C(=O)OCC)n(Cc3cccc4ccccc34)c2c1. The van der Waals surface area contributed by atoms with Crippen LogP contribution in [0.5, 0.6) is 0 Å². The Morgan fingerprint density at radius 3 is 2.64 bits per heavy atom. The first-order chi connectivity index (χ1) is 13.6. The predicted octanol–water partition coefficient (Wildman–Crippen LogP) is 5.88. The van der Waals surface area contributed by atoms with Gasteiger partial charge in [0.25, 0.3) is 0 Å². The molecule has 138 valence electrons. The molecule has 0 spiro atoms. The molecule has 28 heavy (non-hydrogen) atoms. The van der Waals surface area contributed by atoms with E-state index in [9.17, 15) is 4.79 Å². The molecule has 0 fully saturated rings. The zero-order valence-electron chi connectivity index (χ0n) is 15.9. The maximum Gasteiger partial charge on any atom is 0.355 e. The normalized spacial score (nSPS) is 10.9. The monoisotopic (exact) mass is 368 g/mol. The van der Waals surface area contributed by atoms with Crippen molar-refractivity contribution in [2.45, 2.75) is 20.4 Å². The van der Waals surface area contributed by atoms with Gasteiger partial charge >= 0.3 is 5.97 Å². The minimum atomic E-state index is -0.333. The van der Waals surface area contributed by atoms with Gasteiger partial charge in [-0.3, -0.25) is 0 Å². The zero-order valence-corrected chi connectivity index (χ0v) is 15.9. The second-order valence-electron chi connectivity index (χ2n) is 6.73. The molecule has 1 aromatic heterocycles. The van der Waals surface area contributed by atoms with Crippen LogP contribution in [0.2, 0.25) is 0 Å². The Morgan fingerprint density at radius 1 is 1.07 bits per heavy atom. The summed E-state index contributed by atoms with van der Waals surface area (Å²) in [6, 6.07) is 20.0. The van der Waals surface area contributed by atoms with Gasteiger partial charge in [0.2, 0.25) is 0 Å². The highest BCUT2D eigenvalue weighted by atomic mass is 16.5. The Kier molecular flexibility index (Phi) is 4.58. The predicted molar refractivity (Wildman–Crippen MR) is 112 cm³/mol. The number of hydrogen-bond acceptors (Lipinski definition) is 2. The number of hydrogen-bond donors (Lipinski definition) is 0. The second kappa shape index (κ2) is 7.21. The van der Waals surface area contributed by atoms with Gasteiger partial charge in [-0.15, -0.1) is 0 Å². The minimum absolute atomic E-state index is 0.321. The van der Waals surface area contributed by atoms with Gasteiger partial charge in [0.05, 0.1) is 13.2 Å². The van der Waals surface area contributed by atoms with E-state index < -0.39 is 0 Å². The Bertz CT molecular complexity index is 1240. The van der Waals surface area contributed by atoms with Crippen molar-refractivity contribution in [3.05, 3.63) is 88.9 Å². The quantitative estimate of drug-likeness (QED) is 0.333. The third-order valence-corrected chi connectivity index (χ3v) is 5.11. The van der Waals surface area contributed by atoms with Crippen molar-refractivity contribution in [1.82, 2.24) is 4.57 Å².